The molecule has 5 rings (SSSR count). The number of piperidine rings is 1. The Balaban J connectivity index is 1.24. The Hall–Kier alpha value is -3.06. The Morgan fingerprint density at radius 1 is 1.06 bits per heavy atom. The minimum Gasteiger partial charge on any atom is -0.504 e. The number of methoxy groups -OCH3 is 1. The van der Waals surface area contributed by atoms with E-state index in [2.05, 4.69) is 22.3 Å². The zero-order valence-electron chi connectivity index (χ0n) is 19.2. The van der Waals surface area contributed by atoms with E-state index < -0.39 is 5.54 Å². The number of carbonyl (C=O) groups excluding carboxylic acids is 2. The summed E-state index contributed by atoms with van der Waals surface area (Å²) in [5.74, 6) is 0.649. The van der Waals surface area contributed by atoms with Gasteiger partial charge in [-0.15, -0.1) is 0 Å². The van der Waals surface area contributed by atoms with Crippen LogP contribution in [0.25, 0.3) is 0 Å². The number of carbonyl (C=O) groups is 2. The first-order valence-corrected chi connectivity index (χ1v) is 11.7. The number of para-hydroxylation sites is 1. The van der Waals surface area contributed by atoms with Crippen LogP contribution < -0.4 is 10.1 Å². The molecule has 2 aromatic carbocycles. The van der Waals surface area contributed by atoms with Crippen molar-refractivity contribution in [1.82, 2.24) is 15.1 Å². The second-order valence-corrected chi connectivity index (χ2v) is 9.66. The molecular formula is C26H31N3O4. The monoisotopic (exact) mass is 449 g/mol. The summed E-state index contributed by atoms with van der Waals surface area (Å²) in [5, 5.41) is 13.5. The maximum atomic E-state index is 13.5. The number of amides is 3. The quantitative estimate of drug-likeness (QED) is 0.686. The number of phenolic OH excluding ortho intramolecular Hbond substituents is 1. The lowest BCUT2D eigenvalue weighted by atomic mass is 9.78. The number of phenols is 1. The van der Waals surface area contributed by atoms with Crippen molar-refractivity contribution in [2.75, 3.05) is 20.2 Å². The van der Waals surface area contributed by atoms with Crippen LogP contribution in [-0.2, 0) is 24.2 Å². The first kappa shape index (κ1) is 21.8. The minimum atomic E-state index is -0.865. The van der Waals surface area contributed by atoms with E-state index in [0.29, 0.717) is 12.3 Å². The van der Waals surface area contributed by atoms with Gasteiger partial charge in [-0.05, 0) is 68.8 Å². The van der Waals surface area contributed by atoms with Crippen LogP contribution in [0.2, 0.25) is 0 Å². The number of aromatic hydroxyl groups is 1. The maximum absolute atomic E-state index is 13.5. The molecule has 2 fully saturated rings. The highest BCUT2D eigenvalue weighted by atomic mass is 16.5. The number of imide groups is 1. The lowest BCUT2D eigenvalue weighted by molar-refractivity contribution is -0.134. The largest absolute Gasteiger partial charge is 0.504 e. The summed E-state index contributed by atoms with van der Waals surface area (Å²) in [7, 11) is 1.55. The van der Waals surface area contributed by atoms with Gasteiger partial charge in [-0.3, -0.25) is 14.6 Å². The molecule has 1 unspecified atom stereocenters. The van der Waals surface area contributed by atoms with Crippen molar-refractivity contribution in [2.45, 2.75) is 50.7 Å². The van der Waals surface area contributed by atoms with Gasteiger partial charge in [0.15, 0.2) is 11.5 Å². The summed E-state index contributed by atoms with van der Waals surface area (Å²) in [4.78, 5) is 30.2. The standard InChI is InChI=1S/C26H31N3O4/c1-26(20-10-12-28(13-11-20)16-19-8-5-9-22(33-2)23(19)30)24(31)29(25(32)27-26)21-14-17-6-3-4-7-18(17)15-21/h3-9,20-21,30H,10-16H2,1-2H3,(H,27,32). The predicted molar refractivity (Wildman–Crippen MR) is 124 cm³/mol. The molecule has 2 saturated heterocycles. The van der Waals surface area contributed by atoms with Crippen LogP contribution >= 0.6 is 0 Å². The molecule has 1 atom stereocenters. The zero-order valence-corrected chi connectivity index (χ0v) is 19.2. The van der Waals surface area contributed by atoms with Crippen molar-refractivity contribution in [3.05, 3.63) is 59.2 Å². The molecule has 174 valence electrons. The van der Waals surface area contributed by atoms with E-state index in [4.69, 9.17) is 4.74 Å². The molecule has 33 heavy (non-hydrogen) atoms. The number of likely N-dealkylation sites (tertiary alicyclic amines) is 1. The van der Waals surface area contributed by atoms with Crippen molar-refractivity contribution < 1.29 is 19.4 Å². The van der Waals surface area contributed by atoms with Crippen molar-refractivity contribution in [3.63, 3.8) is 0 Å². The van der Waals surface area contributed by atoms with Crippen LogP contribution in [0.1, 0.15) is 36.5 Å². The van der Waals surface area contributed by atoms with Gasteiger partial charge in [-0.25, -0.2) is 4.79 Å². The van der Waals surface area contributed by atoms with Crippen LogP contribution in [0.3, 0.4) is 0 Å². The fraction of sp³-hybridized carbons (Fsp3) is 0.462. The average Bonchev–Trinajstić information content (AvgIpc) is 3.33. The van der Waals surface area contributed by atoms with Gasteiger partial charge >= 0.3 is 6.03 Å². The van der Waals surface area contributed by atoms with Gasteiger partial charge in [-0.1, -0.05) is 36.4 Å². The van der Waals surface area contributed by atoms with Crippen molar-refractivity contribution in [2.24, 2.45) is 5.92 Å². The third-order valence-corrected chi connectivity index (χ3v) is 7.74. The van der Waals surface area contributed by atoms with Gasteiger partial charge in [0.05, 0.1) is 7.11 Å². The van der Waals surface area contributed by atoms with E-state index in [9.17, 15) is 14.7 Å². The minimum absolute atomic E-state index is 0.0814. The predicted octanol–water partition coefficient (Wildman–Crippen LogP) is 3.09. The van der Waals surface area contributed by atoms with E-state index in [1.165, 1.54) is 16.0 Å². The highest BCUT2D eigenvalue weighted by Crippen LogP contribution is 2.37. The molecular weight excluding hydrogens is 418 g/mol. The van der Waals surface area contributed by atoms with Crippen LogP contribution in [0.5, 0.6) is 11.5 Å². The van der Waals surface area contributed by atoms with E-state index in [1.807, 2.05) is 31.2 Å². The number of hydrogen-bond acceptors (Lipinski definition) is 5. The first-order valence-electron chi connectivity index (χ1n) is 11.7. The fourth-order valence-corrected chi connectivity index (χ4v) is 5.77. The van der Waals surface area contributed by atoms with Gasteiger partial charge < -0.3 is 15.2 Å². The summed E-state index contributed by atoms with van der Waals surface area (Å²) in [6.07, 6.45) is 3.08. The highest BCUT2D eigenvalue weighted by molar-refractivity contribution is 6.07. The second-order valence-electron chi connectivity index (χ2n) is 9.66. The molecule has 7 nitrogen and oxygen atoms in total. The Morgan fingerprint density at radius 3 is 2.36 bits per heavy atom. The lowest BCUT2D eigenvalue weighted by Crippen LogP contribution is -2.54. The normalized spacial score (nSPS) is 24.2. The number of ether oxygens (including phenoxy) is 1. The van der Waals surface area contributed by atoms with Crippen LogP contribution in [0.4, 0.5) is 4.79 Å². The van der Waals surface area contributed by atoms with Crippen LogP contribution in [0, 0.1) is 5.92 Å². The topological polar surface area (TPSA) is 82.1 Å². The van der Waals surface area contributed by atoms with Crippen molar-refractivity contribution in [1.29, 1.82) is 0 Å². The molecule has 0 aromatic heterocycles. The Kier molecular flexibility index (Phi) is 5.52. The molecule has 1 aliphatic carbocycles. The number of fused-ring (bicyclic) bond motifs is 1. The summed E-state index contributed by atoms with van der Waals surface area (Å²) < 4.78 is 5.22. The Bertz CT molecular complexity index is 1050. The molecule has 0 spiro atoms. The molecule has 3 aliphatic rings. The first-order chi connectivity index (χ1) is 15.9. The number of rotatable bonds is 5. The van der Waals surface area contributed by atoms with Crippen LogP contribution in [0.15, 0.2) is 42.5 Å². The number of nitrogens with zero attached hydrogens (tertiary/aromatic N) is 2. The Morgan fingerprint density at radius 2 is 1.73 bits per heavy atom. The van der Waals surface area contributed by atoms with Gasteiger partial charge in [-0.2, -0.15) is 0 Å². The SMILES string of the molecule is COc1cccc(CN2CCC(C3(C)NC(=O)N(C4Cc5ccccc5C4)C3=O)CC2)c1O. The summed E-state index contributed by atoms with van der Waals surface area (Å²) in [5.41, 5.74) is 2.42. The molecule has 0 bridgehead atoms. The van der Waals surface area contributed by atoms with Crippen LogP contribution in [-0.4, -0.2) is 58.6 Å². The third-order valence-electron chi connectivity index (χ3n) is 7.74. The Labute approximate surface area is 194 Å². The van der Waals surface area contributed by atoms with E-state index in [-0.39, 0.29) is 29.6 Å². The summed E-state index contributed by atoms with van der Waals surface area (Å²) in [6, 6.07) is 13.4. The van der Waals surface area contributed by atoms with Gasteiger partial charge in [0.2, 0.25) is 0 Å². The molecule has 7 heteroatoms. The smallest absolute Gasteiger partial charge is 0.325 e. The molecule has 2 N–H and O–H groups in total. The van der Waals surface area contributed by atoms with E-state index in [1.54, 1.807) is 13.2 Å². The van der Waals surface area contributed by atoms with E-state index >= 15 is 0 Å². The fourth-order valence-electron chi connectivity index (χ4n) is 5.77. The second kappa shape index (κ2) is 8.37. The number of nitrogens with one attached hydrogen (secondary N) is 1. The lowest BCUT2D eigenvalue weighted by Gasteiger charge is -2.39. The maximum Gasteiger partial charge on any atom is 0.325 e. The molecule has 0 saturated carbocycles. The summed E-state index contributed by atoms with van der Waals surface area (Å²) >= 11 is 0. The third kappa shape index (κ3) is 3.74. The van der Waals surface area contributed by atoms with Crippen molar-refractivity contribution in [3.8, 4) is 11.5 Å². The summed E-state index contributed by atoms with van der Waals surface area (Å²) in [6.45, 7) is 4.12. The van der Waals surface area contributed by atoms with E-state index in [0.717, 1.165) is 44.3 Å². The molecule has 2 heterocycles. The molecule has 2 aliphatic heterocycles. The highest BCUT2D eigenvalue weighted by Gasteiger charge is 2.55. The number of benzene rings is 2. The number of urea groups is 1. The zero-order chi connectivity index (χ0) is 23.2. The molecule has 0 radical (unpaired) electrons. The molecule has 3 amide bonds. The van der Waals surface area contributed by atoms with Crippen molar-refractivity contribution >= 4 is 11.9 Å². The number of hydrogen-bond donors (Lipinski definition) is 2. The van der Waals surface area contributed by atoms with Gasteiger partial charge in [0.25, 0.3) is 5.91 Å². The van der Waals surface area contributed by atoms with Gasteiger partial charge in [0, 0.05) is 18.2 Å². The average molecular weight is 450 g/mol. The van der Waals surface area contributed by atoms with Gasteiger partial charge in [0.1, 0.15) is 5.54 Å². The molecule has 2 aromatic rings.